The van der Waals surface area contributed by atoms with Crippen LogP contribution in [0.4, 0.5) is 14.5 Å². The van der Waals surface area contributed by atoms with Gasteiger partial charge in [0.05, 0.1) is 5.69 Å². The van der Waals surface area contributed by atoms with Gasteiger partial charge in [0.15, 0.2) is 11.6 Å². The summed E-state index contributed by atoms with van der Waals surface area (Å²) in [6, 6.07) is 13.2. The van der Waals surface area contributed by atoms with Crippen molar-refractivity contribution in [2.45, 2.75) is 6.54 Å². The molecule has 0 radical (unpaired) electrons. The van der Waals surface area contributed by atoms with Crippen LogP contribution in [0, 0.1) is 11.6 Å². The average molecular weight is 420 g/mol. The number of benzene rings is 2. The molecule has 0 bridgehead atoms. The number of nitrogens with one attached hydrogen (secondary N) is 1. The first-order valence-electron chi connectivity index (χ1n) is 7.51. The first-order chi connectivity index (χ1) is 12.4. The van der Waals surface area contributed by atoms with Gasteiger partial charge in [-0.25, -0.2) is 13.5 Å². The van der Waals surface area contributed by atoms with Gasteiger partial charge < -0.3 is 5.32 Å². The molecule has 26 heavy (non-hydrogen) atoms. The molecule has 0 aliphatic heterocycles. The number of carbonyl (C=O) groups is 1. The van der Waals surface area contributed by atoms with Gasteiger partial charge in [-0.2, -0.15) is 5.10 Å². The molecule has 0 fully saturated rings. The van der Waals surface area contributed by atoms with Crippen molar-refractivity contribution in [2.75, 3.05) is 5.32 Å². The van der Waals surface area contributed by atoms with Crippen molar-refractivity contribution >= 4 is 27.5 Å². The summed E-state index contributed by atoms with van der Waals surface area (Å²) < 4.78 is 28.0. The Bertz CT molecular complexity index is 1040. The molecule has 2 aromatic carbocycles. The second kappa shape index (κ2) is 7.57. The molecular weight excluding hydrogens is 408 g/mol. The molecule has 1 aromatic heterocycles. The summed E-state index contributed by atoms with van der Waals surface area (Å²) in [5.41, 5.74) is 0.926. The van der Waals surface area contributed by atoms with Crippen LogP contribution >= 0.6 is 15.9 Å². The number of aromatic nitrogens is 2. The Kier molecular flexibility index (Phi) is 5.22. The maximum Gasteiger partial charge on any atom is 0.267 e. The molecule has 1 N–H and O–H groups in total. The van der Waals surface area contributed by atoms with Crippen LogP contribution in [0.2, 0.25) is 0 Å². The van der Waals surface area contributed by atoms with Crippen LogP contribution in [0.1, 0.15) is 0 Å². The van der Waals surface area contributed by atoms with Gasteiger partial charge in [-0.15, -0.1) is 0 Å². The lowest BCUT2D eigenvalue weighted by Crippen LogP contribution is -2.29. The van der Waals surface area contributed by atoms with E-state index in [2.05, 4.69) is 26.3 Å². The second-order valence-corrected chi connectivity index (χ2v) is 6.32. The predicted molar refractivity (Wildman–Crippen MR) is 96.6 cm³/mol. The van der Waals surface area contributed by atoms with Gasteiger partial charge in [0.2, 0.25) is 5.91 Å². The topological polar surface area (TPSA) is 64.0 Å². The van der Waals surface area contributed by atoms with Crippen LogP contribution in [0.25, 0.3) is 11.3 Å². The Morgan fingerprint density at radius 1 is 1.08 bits per heavy atom. The van der Waals surface area contributed by atoms with E-state index in [1.807, 2.05) is 24.3 Å². The molecule has 0 aliphatic rings. The van der Waals surface area contributed by atoms with Crippen molar-refractivity contribution in [1.82, 2.24) is 9.78 Å². The van der Waals surface area contributed by atoms with Crippen molar-refractivity contribution in [3.05, 3.63) is 81.1 Å². The van der Waals surface area contributed by atoms with Crippen LogP contribution in [-0.4, -0.2) is 15.7 Å². The zero-order valence-corrected chi connectivity index (χ0v) is 14.8. The van der Waals surface area contributed by atoms with Crippen molar-refractivity contribution in [3.63, 3.8) is 0 Å². The van der Waals surface area contributed by atoms with Gasteiger partial charge in [0, 0.05) is 27.9 Å². The Morgan fingerprint density at radius 2 is 1.88 bits per heavy atom. The Labute approximate surface area is 155 Å². The van der Waals surface area contributed by atoms with E-state index in [-0.39, 0.29) is 12.2 Å². The van der Waals surface area contributed by atoms with Crippen LogP contribution in [0.5, 0.6) is 0 Å². The first kappa shape index (κ1) is 17.9. The SMILES string of the molecule is O=C(Cn1nc(-c2cccc(Br)c2)ccc1=O)Nc1ccc(F)c(F)c1. The zero-order valence-electron chi connectivity index (χ0n) is 13.2. The summed E-state index contributed by atoms with van der Waals surface area (Å²) in [6.45, 7) is -0.361. The fourth-order valence-electron chi connectivity index (χ4n) is 2.27. The van der Waals surface area contributed by atoms with Crippen LogP contribution < -0.4 is 10.9 Å². The summed E-state index contributed by atoms with van der Waals surface area (Å²) in [4.78, 5) is 24.1. The molecule has 0 aliphatic carbocycles. The molecule has 0 saturated heterocycles. The number of halogens is 3. The highest BCUT2D eigenvalue weighted by molar-refractivity contribution is 9.10. The van der Waals surface area contributed by atoms with Gasteiger partial charge in [-0.1, -0.05) is 28.1 Å². The molecule has 3 rings (SSSR count). The molecule has 0 spiro atoms. The van der Waals surface area contributed by atoms with Crippen molar-refractivity contribution in [1.29, 1.82) is 0 Å². The molecule has 0 saturated carbocycles. The minimum atomic E-state index is -1.07. The highest BCUT2D eigenvalue weighted by Gasteiger charge is 2.10. The lowest BCUT2D eigenvalue weighted by atomic mass is 10.1. The number of amides is 1. The number of nitrogens with zero attached hydrogens (tertiary/aromatic N) is 2. The molecule has 5 nitrogen and oxygen atoms in total. The van der Waals surface area contributed by atoms with E-state index in [0.717, 1.165) is 26.9 Å². The highest BCUT2D eigenvalue weighted by atomic mass is 79.9. The standard InChI is InChI=1S/C18H12BrF2N3O2/c19-12-3-1-2-11(8-12)16-6-7-18(26)24(23-16)10-17(25)22-13-4-5-14(20)15(21)9-13/h1-9H,10H2,(H,22,25). The maximum absolute atomic E-state index is 13.2. The average Bonchev–Trinajstić information content (AvgIpc) is 2.60. The number of hydrogen-bond acceptors (Lipinski definition) is 3. The lowest BCUT2D eigenvalue weighted by molar-refractivity contribution is -0.117. The molecule has 0 unspecified atom stereocenters. The number of rotatable bonds is 4. The van der Waals surface area contributed by atoms with Crippen LogP contribution in [0.3, 0.4) is 0 Å². The molecule has 1 amide bonds. The summed E-state index contributed by atoms with van der Waals surface area (Å²) in [5.74, 6) is -2.67. The highest BCUT2D eigenvalue weighted by Crippen LogP contribution is 2.20. The van der Waals surface area contributed by atoms with Gasteiger partial charge in [-0.3, -0.25) is 9.59 Å². The van der Waals surface area contributed by atoms with Crippen molar-refractivity contribution < 1.29 is 13.6 Å². The summed E-state index contributed by atoms with van der Waals surface area (Å²) in [5, 5.41) is 6.59. The van der Waals surface area contributed by atoms with Crippen molar-refractivity contribution in [3.8, 4) is 11.3 Å². The largest absolute Gasteiger partial charge is 0.324 e. The van der Waals surface area contributed by atoms with Gasteiger partial charge in [-0.05, 0) is 30.3 Å². The smallest absolute Gasteiger partial charge is 0.267 e. The Morgan fingerprint density at radius 3 is 2.62 bits per heavy atom. The molecule has 1 heterocycles. The zero-order chi connectivity index (χ0) is 18.7. The van der Waals surface area contributed by atoms with Gasteiger partial charge in [0.25, 0.3) is 5.56 Å². The third-order valence-electron chi connectivity index (χ3n) is 3.48. The second-order valence-electron chi connectivity index (χ2n) is 5.40. The monoisotopic (exact) mass is 419 g/mol. The molecule has 8 heteroatoms. The predicted octanol–water partition coefficient (Wildman–Crippen LogP) is 3.59. The Hall–Kier alpha value is -2.87. The Balaban J connectivity index is 1.80. The molecule has 3 aromatic rings. The third kappa shape index (κ3) is 4.20. The van der Waals surface area contributed by atoms with E-state index < -0.39 is 23.1 Å². The van der Waals surface area contributed by atoms with E-state index in [0.29, 0.717) is 5.69 Å². The fourth-order valence-corrected chi connectivity index (χ4v) is 2.67. The number of carbonyl (C=O) groups excluding carboxylic acids is 1. The molecular formula is C18H12BrF2N3O2. The lowest BCUT2D eigenvalue weighted by Gasteiger charge is -2.09. The van der Waals surface area contributed by atoms with Gasteiger partial charge >= 0.3 is 0 Å². The van der Waals surface area contributed by atoms with Crippen molar-refractivity contribution in [2.24, 2.45) is 0 Å². The normalized spacial score (nSPS) is 10.6. The van der Waals surface area contributed by atoms with E-state index in [1.54, 1.807) is 6.07 Å². The van der Waals surface area contributed by atoms with Crippen LogP contribution in [0.15, 0.2) is 63.9 Å². The summed E-state index contributed by atoms with van der Waals surface area (Å²) in [7, 11) is 0. The summed E-state index contributed by atoms with van der Waals surface area (Å²) in [6.07, 6.45) is 0. The van der Waals surface area contributed by atoms with E-state index in [1.165, 1.54) is 12.1 Å². The third-order valence-corrected chi connectivity index (χ3v) is 3.98. The molecule has 0 atom stereocenters. The number of anilines is 1. The maximum atomic E-state index is 13.2. The van der Waals surface area contributed by atoms with E-state index in [4.69, 9.17) is 0 Å². The van der Waals surface area contributed by atoms with Gasteiger partial charge in [0.1, 0.15) is 6.54 Å². The van der Waals surface area contributed by atoms with E-state index >= 15 is 0 Å². The number of hydrogen-bond donors (Lipinski definition) is 1. The minimum Gasteiger partial charge on any atom is -0.324 e. The fraction of sp³-hybridized carbons (Fsp3) is 0.0556. The minimum absolute atomic E-state index is 0.0880. The summed E-state index contributed by atoms with van der Waals surface area (Å²) >= 11 is 3.36. The van der Waals surface area contributed by atoms with E-state index in [9.17, 15) is 18.4 Å². The first-order valence-corrected chi connectivity index (χ1v) is 8.31. The molecule has 132 valence electrons. The van der Waals surface area contributed by atoms with Crippen LogP contribution in [-0.2, 0) is 11.3 Å². The quantitative estimate of drug-likeness (QED) is 0.702.